The van der Waals surface area contributed by atoms with Crippen molar-refractivity contribution in [2.45, 2.75) is 32.2 Å². The first-order valence-corrected chi connectivity index (χ1v) is 12.4. The van der Waals surface area contributed by atoms with Crippen molar-refractivity contribution in [3.8, 4) is 5.75 Å². The van der Waals surface area contributed by atoms with E-state index in [1.54, 1.807) is 37.1 Å². The molecule has 0 spiro atoms. The summed E-state index contributed by atoms with van der Waals surface area (Å²) in [6.07, 6.45) is -4.44. The van der Waals surface area contributed by atoms with Crippen molar-refractivity contribution in [3.05, 3.63) is 111 Å². The summed E-state index contributed by atoms with van der Waals surface area (Å²) in [6, 6.07) is 18.8. The molecule has 1 heterocycles. The Bertz CT molecular complexity index is 1390. The molecule has 0 aliphatic carbocycles. The second-order valence-electron chi connectivity index (χ2n) is 8.89. The molecular weight excluding hydrogens is 531 g/mol. The molecule has 1 unspecified atom stereocenters. The largest absolute Gasteiger partial charge is 0.497 e. The molecule has 0 fully saturated rings. The highest BCUT2D eigenvalue weighted by Gasteiger charge is 2.36. The number of guanidine groups is 1. The molecule has 0 amide bonds. The average molecular weight is 558 g/mol. The molecule has 1 aliphatic rings. The number of methoxy groups -OCH3 is 2. The van der Waals surface area contributed by atoms with Gasteiger partial charge >= 0.3 is 12.1 Å². The first-order chi connectivity index (χ1) is 18.6. The number of nitrogens with zero attached hydrogens (tertiary/aromatic N) is 2. The predicted molar refractivity (Wildman–Crippen MR) is 143 cm³/mol. The van der Waals surface area contributed by atoms with Gasteiger partial charge in [0.2, 0.25) is 0 Å². The van der Waals surface area contributed by atoms with Gasteiger partial charge in [-0.3, -0.25) is 0 Å². The number of carbonyl (C=O) groups excluding carboxylic acids is 1. The average Bonchev–Trinajstić information content (AvgIpc) is 2.92. The maximum absolute atomic E-state index is 13.1. The molecule has 204 valence electrons. The number of nitrogens with one attached hydrogen (secondary N) is 1. The van der Waals surface area contributed by atoms with Crippen LogP contribution in [0.4, 0.5) is 13.2 Å². The van der Waals surface area contributed by atoms with Crippen LogP contribution in [0.25, 0.3) is 0 Å². The number of hydrogen-bond donors (Lipinski definition) is 1. The van der Waals surface area contributed by atoms with Crippen molar-refractivity contribution in [3.63, 3.8) is 0 Å². The Kier molecular flexibility index (Phi) is 8.50. The van der Waals surface area contributed by atoms with E-state index >= 15 is 0 Å². The van der Waals surface area contributed by atoms with Gasteiger partial charge in [-0.25, -0.2) is 9.79 Å². The summed E-state index contributed by atoms with van der Waals surface area (Å²) < 4.78 is 49.7. The monoisotopic (exact) mass is 557 g/mol. The number of hydrogen-bond acceptors (Lipinski definition) is 4. The lowest BCUT2D eigenvalue weighted by molar-refractivity contribution is -0.138. The molecule has 6 nitrogen and oxygen atoms in total. The Morgan fingerprint density at radius 3 is 2.28 bits per heavy atom. The Morgan fingerprint density at radius 2 is 1.69 bits per heavy atom. The van der Waals surface area contributed by atoms with Crippen molar-refractivity contribution in [1.29, 1.82) is 0 Å². The third-order valence-electron chi connectivity index (χ3n) is 6.39. The number of allylic oxidation sites excluding steroid dienone is 1. The molecular formula is C29H27ClF3N3O3. The summed E-state index contributed by atoms with van der Waals surface area (Å²) in [5.41, 5.74) is 2.41. The normalized spacial score (nSPS) is 16.7. The van der Waals surface area contributed by atoms with Gasteiger partial charge in [0.05, 0.1) is 44.5 Å². The van der Waals surface area contributed by atoms with E-state index in [1.165, 1.54) is 19.2 Å². The zero-order valence-electron chi connectivity index (χ0n) is 21.6. The molecule has 1 N–H and O–H groups in total. The third kappa shape index (κ3) is 6.54. The molecule has 39 heavy (non-hydrogen) atoms. The van der Waals surface area contributed by atoms with Crippen molar-refractivity contribution >= 4 is 23.5 Å². The smallest absolute Gasteiger partial charge is 0.416 e. The zero-order valence-corrected chi connectivity index (χ0v) is 22.3. The molecule has 4 rings (SSSR count). The van der Waals surface area contributed by atoms with Crippen LogP contribution in [0.3, 0.4) is 0 Å². The minimum atomic E-state index is -4.44. The van der Waals surface area contributed by atoms with E-state index in [0.29, 0.717) is 40.1 Å². The van der Waals surface area contributed by atoms with Gasteiger partial charge in [-0.15, -0.1) is 0 Å². The third-order valence-corrected chi connectivity index (χ3v) is 6.63. The quantitative estimate of drug-likeness (QED) is 0.335. The number of rotatable bonds is 7. The van der Waals surface area contributed by atoms with Crippen LogP contribution in [0.5, 0.6) is 5.75 Å². The van der Waals surface area contributed by atoms with Gasteiger partial charge in [0.15, 0.2) is 5.96 Å². The van der Waals surface area contributed by atoms with E-state index in [9.17, 15) is 18.0 Å². The Hall–Kier alpha value is -3.98. The number of benzene rings is 3. The van der Waals surface area contributed by atoms with Crippen LogP contribution in [0.2, 0.25) is 5.02 Å². The standard InChI is InChI=1S/C29H27ClF3N3O3/c1-18-25(27(37)39-3)26(21-5-4-6-23(30)15-21)35-28(34-16-19-9-13-24(38-2)14-10-19)36(18)17-20-7-11-22(12-8-20)29(31,32)33/h4-15,26H,16-17H2,1-3H3,(H,34,35). The van der Waals surface area contributed by atoms with E-state index in [0.717, 1.165) is 23.3 Å². The van der Waals surface area contributed by atoms with Crippen molar-refractivity contribution < 1.29 is 27.4 Å². The molecule has 0 radical (unpaired) electrons. The lowest BCUT2D eigenvalue weighted by Gasteiger charge is -2.38. The summed E-state index contributed by atoms with van der Waals surface area (Å²) in [4.78, 5) is 19.6. The zero-order chi connectivity index (χ0) is 28.2. The summed E-state index contributed by atoms with van der Waals surface area (Å²) in [6.45, 7) is 2.23. The van der Waals surface area contributed by atoms with Crippen LogP contribution < -0.4 is 10.1 Å². The predicted octanol–water partition coefficient (Wildman–Crippen LogP) is 6.52. The fourth-order valence-electron chi connectivity index (χ4n) is 4.31. The van der Waals surface area contributed by atoms with Crippen LogP contribution in [0.15, 0.2) is 89.1 Å². The highest BCUT2D eigenvalue weighted by Crippen LogP contribution is 2.34. The summed E-state index contributed by atoms with van der Waals surface area (Å²) in [5.74, 6) is 0.617. The lowest BCUT2D eigenvalue weighted by Crippen LogP contribution is -2.48. The first kappa shape index (κ1) is 28.0. The molecule has 3 aromatic carbocycles. The summed E-state index contributed by atoms with van der Waals surface area (Å²) >= 11 is 6.25. The van der Waals surface area contributed by atoms with Gasteiger partial charge < -0.3 is 19.7 Å². The van der Waals surface area contributed by atoms with E-state index in [1.807, 2.05) is 30.3 Å². The Balaban J connectivity index is 1.77. The number of halogens is 4. The summed E-state index contributed by atoms with van der Waals surface area (Å²) in [5, 5.41) is 3.85. The molecule has 0 saturated heterocycles. The van der Waals surface area contributed by atoms with E-state index in [-0.39, 0.29) is 6.54 Å². The van der Waals surface area contributed by atoms with Crippen LogP contribution in [-0.2, 0) is 28.8 Å². The van der Waals surface area contributed by atoms with E-state index in [4.69, 9.17) is 26.1 Å². The van der Waals surface area contributed by atoms with Crippen LogP contribution >= 0.6 is 11.6 Å². The maximum Gasteiger partial charge on any atom is 0.416 e. The lowest BCUT2D eigenvalue weighted by atomic mass is 9.94. The number of esters is 1. The highest BCUT2D eigenvalue weighted by atomic mass is 35.5. The molecule has 0 saturated carbocycles. The molecule has 10 heteroatoms. The first-order valence-electron chi connectivity index (χ1n) is 12.0. The highest BCUT2D eigenvalue weighted by molar-refractivity contribution is 6.30. The van der Waals surface area contributed by atoms with Gasteiger partial charge in [0, 0.05) is 10.7 Å². The SMILES string of the molecule is COC(=O)C1=C(C)N(Cc2ccc(C(F)(F)F)cc2)C(=NCc2ccc(OC)cc2)NC1c1cccc(Cl)c1. The van der Waals surface area contributed by atoms with Crippen molar-refractivity contribution in [2.75, 3.05) is 14.2 Å². The summed E-state index contributed by atoms with van der Waals surface area (Å²) in [7, 11) is 2.88. The molecule has 3 aromatic rings. The van der Waals surface area contributed by atoms with Gasteiger partial charge in [0.25, 0.3) is 0 Å². The van der Waals surface area contributed by atoms with Gasteiger partial charge in [0.1, 0.15) is 5.75 Å². The van der Waals surface area contributed by atoms with E-state index < -0.39 is 23.8 Å². The van der Waals surface area contributed by atoms with Crippen LogP contribution in [-0.4, -0.2) is 31.0 Å². The Labute approximate surface area is 229 Å². The number of alkyl halides is 3. The van der Waals surface area contributed by atoms with Gasteiger partial charge in [-0.2, -0.15) is 13.2 Å². The molecule has 1 aliphatic heterocycles. The second-order valence-corrected chi connectivity index (χ2v) is 9.33. The maximum atomic E-state index is 13.1. The second kappa shape index (κ2) is 11.8. The fourth-order valence-corrected chi connectivity index (χ4v) is 4.51. The minimum absolute atomic E-state index is 0.168. The van der Waals surface area contributed by atoms with Gasteiger partial charge in [-0.1, -0.05) is 48.0 Å². The molecule has 0 aromatic heterocycles. The van der Waals surface area contributed by atoms with E-state index in [2.05, 4.69) is 5.32 Å². The van der Waals surface area contributed by atoms with Crippen molar-refractivity contribution in [2.24, 2.45) is 4.99 Å². The number of aliphatic imine (C=N–C) groups is 1. The fraction of sp³-hybridized carbons (Fsp3) is 0.241. The van der Waals surface area contributed by atoms with Crippen molar-refractivity contribution in [1.82, 2.24) is 10.2 Å². The van der Waals surface area contributed by atoms with Crippen LogP contribution in [0.1, 0.15) is 35.2 Å². The number of carbonyl (C=O) groups is 1. The van der Waals surface area contributed by atoms with Crippen LogP contribution in [0, 0.1) is 0 Å². The minimum Gasteiger partial charge on any atom is -0.497 e. The molecule has 0 bridgehead atoms. The number of ether oxygens (including phenoxy) is 2. The topological polar surface area (TPSA) is 63.2 Å². The molecule has 1 atom stereocenters. The Morgan fingerprint density at radius 1 is 1.03 bits per heavy atom. The van der Waals surface area contributed by atoms with Gasteiger partial charge in [-0.05, 0) is 60.0 Å².